The van der Waals surface area contributed by atoms with Gasteiger partial charge in [-0.1, -0.05) is 5.16 Å². The number of hydrogen-bond acceptors (Lipinski definition) is 5. The van der Waals surface area contributed by atoms with Crippen molar-refractivity contribution in [2.24, 2.45) is 0 Å². The molecule has 1 amide bonds. The molecule has 0 aromatic carbocycles. The molecule has 90 valence electrons. The molecule has 0 saturated carbocycles. The van der Waals surface area contributed by atoms with E-state index in [2.05, 4.69) is 30.5 Å². The molecule has 0 fully saturated rings. The quantitative estimate of drug-likeness (QED) is 0.734. The minimum Gasteiger partial charge on any atom is -0.351 e. The lowest BCUT2D eigenvalue weighted by atomic mass is 10.2. The first kappa shape index (κ1) is 11.3. The van der Waals surface area contributed by atoms with Crippen molar-refractivity contribution in [2.45, 2.75) is 19.8 Å². The second kappa shape index (κ2) is 5.24. The second-order valence-corrected chi connectivity index (χ2v) is 3.66. The molecule has 0 spiro atoms. The van der Waals surface area contributed by atoms with Gasteiger partial charge >= 0.3 is 0 Å². The van der Waals surface area contributed by atoms with E-state index in [4.69, 9.17) is 0 Å². The number of rotatable bonds is 5. The van der Waals surface area contributed by atoms with E-state index in [-0.39, 0.29) is 11.6 Å². The standard InChI is InChI=1S/C10H13N5O2/c1-7-9(15-17-14-7)10(16)11-4-2-3-8-5-12-13-6-8/h5-6H,2-4H2,1H3,(H,11,16)(H,12,13). The molecule has 0 unspecified atom stereocenters. The molecule has 0 bridgehead atoms. The summed E-state index contributed by atoms with van der Waals surface area (Å²) in [7, 11) is 0. The predicted octanol–water partition coefficient (Wildman–Crippen LogP) is 0.464. The Bertz CT molecular complexity index is 477. The lowest BCUT2D eigenvalue weighted by Crippen LogP contribution is -2.25. The summed E-state index contributed by atoms with van der Waals surface area (Å²) in [5.41, 5.74) is 1.86. The summed E-state index contributed by atoms with van der Waals surface area (Å²) in [6.45, 7) is 2.26. The van der Waals surface area contributed by atoms with Gasteiger partial charge in [-0.3, -0.25) is 9.89 Å². The van der Waals surface area contributed by atoms with Crippen molar-refractivity contribution in [1.82, 2.24) is 25.8 Å². The van der Waals surface area contributed by atoms with Crippen LogP contribution in [-0.4, -0.2) is 33.0 Å². The van der Waals surface area contributed by atoms with E-state index in [1.165, 1.54) is 0 Å². The third-order valence-corrected chi connectivity index (χ3v) is 2.35. The summed E-state index contributed by atoms with van der Waals surface area (Å²) in [6, 6.07) is 0. The summed E-state index contributed by atoms with van der Waals surface area (Å²) >= 11 is 0. The van der Waals surface area contributed by atoms with Gasteiger partial charge in [-0.25, -0.2) is 4.63 Å². The molecule has 2 rings (SSSR count). The number of amides is 1. The Morgan fingerprint density at radius 2 is 2.41 bits per heavy atom. The number of carbonyl (C=O) groups is 1. The number of nitrogens with zero attached hydrogens (tertiary/aromatic N) is 3. The van der Waals surface area contributed by atoms with E-state index < -0.39 is 0 Å². The van der Waals surface area contributed by atoms with Gasteiger partial charge in [0, 0.05) is 12.7 Å². The maximum Gasteiger partial charge on any atom is 0.275 e. The molecule has 2 aromatic heterocycles. The van der Waals surface area contributed by atoms with E-state index in [0.717, 1.165) is 18.4 Å². The van der Waals surface area contributed by atoms with Gasteiger partial charge in [0.25, 0.3) is 5.91 Å². The lowest BCUT2D eigenvalue weighted by Gasteiger charge is -2.01. The van der Waals surface area contributed by atoms with Gasteiger partial charge in [0.1, 0.15) is 5.69 Å². The van der Waals surface area contributed by atoms with Gasteiger partial charge in [-0.2, -0.15) is 5.10 Å². The summed E-state index contributed by atoms with van der Waals surface area (Å²) in [5, 5.41) is 16.4. The fourth-order valence-corrected chi connectivity index (χ4v) is 1.43. The van der Waals surface area contributed by atoms with Crippen LogP contribution < -0.4 is 5.32 Å². The maximum absolute atomic E-state index is 11.6. The Morgan fingerprint density at radius 1 is 1.53 bits per heavy atom. The van der Waals surface area contributed by atoms with Gasteiger partial charge in [0.05, 0.1) is 6.20 Å². The Hall–Kier alpha value is -2.18. The largest absolute Gasteiger partial charge is 0.351 e. The molecular formula is C10H13N5O2. The first-order chi connectivity index (χ1) is 8.27. The summed E-state index contributed by atoms with van der Waals surface area (Å²) < 4.78 is 4.46. The monoisotopic (exact) mass is 235 g/mol. The minimum atomic E-state index is -0.254. The highest BCUT2D eigenvalue weighted by atomic mass is 16.6. The van der Waals surface area contributed by atoms with Crippen molar-refractivity contribution in [2.75, 3.05) is 6.54 Å². The predicted molar refractivity (Wildman–Crippen MR) is 58.3 cm³/mol. The van der Waals surface area contributed by atoms with Crippen molar-refractivity contribution in [3.05, 3.63) is 29.3 Å². The van der Waals surface area contributed by atoms with Crippen LogP contribution in [0, 0.1) is 6.92 Å². The molecule has 17 heavy (non-hydrogen) atoms. The number of aryl methyl sites for hydroxylation is 2. The second-order valence-electron chi connectivity index (χ2n) is 3.66. The van der Waals surface area contributed by atoms with Crippen LogP contribution in [0.4, 0.5) is 0 Å². The lowest BCUT2D eigenvalue weighted by molar-refractivity contribution is 0.0943. The van der Waals surface area contributed by atoms with Crippen LogP contribution in [0.3, 0.4) is 0 Å². The Morgan fingerprint density at radius 3 is 3.06 bits per heavy atom. The van der Waals surface area contributed by atoms with Crippen LogP contribution in [0.2, 0.25) is 0 Å². The molecule has 7 heteroatoms. The smallest absolute Gasteiger partial charge is 0.275 e. The molecule has 2 N–H and O–H groups in total. The summed E-state index contributed by atoms with van der Waals surface area (Å²) in [5.74, 6) is -0.254. The van der Waals surface area contributed by atoms with Crippen LogP contribution in [-0.2, 0) is 6.42 Å². The first-order valence-electron chi connectivity index (χ1n) is 5.32. The molecule has 0 atom stereocenters. The molecular weight excluding hydrogens is 222 g/mol. The van der Waals surface area contributed by atoms with Crippen molar-refractivity contribution < 1.29 is 9.42 Å². The van der Waals surface area contributed by atoms with E-state index in [1.54, 1.807) is 13.1 Å². The normalized spacial score (nSPS) is 10.4. The number of aromatic amines is 1. The van der Waals surface area contributed by atoms with Gasteiger partial charge < -0.3 is 5.32 Å². The number of carbonyl (C=O) groups excluding carboxylic acids is 1. The highest BCUT2D eigenvalue weighted by molar-refractivity contribution is 5.92. The van der Waals surface area contributed by atoms with Gasteiger partial charge in [-0.05, 0) is 30.5 Å². The van der Waals surface area contributed by atoms with Crippen LogP contribution in [0.1, 0.15) is 28.2 Å². The zero-order valence-corrected chi connectivity index (χ0v) is 9.43. The molecule has 2 heterocycles. The number of H-pyrrole nitrogens is 1. The maximum atomic E-state index is 11.6. The Balaban J connectivity index is 1.72. The first-order valence-corrected chi connectivity index (χ1v) is 5.32. The third-order valence-electron chi connectivity index (χ3n) is 2.35. The highest BCUT2D eigenvalue weighted by Crippen LogP contribution is 2.01. The molecule has 0 aliphatic heterocycles. The number of hydrogen-bond donors (Lipinski definition) is 2. The van der Waals surface area contributed by atoms with Crippen molar-refractivity contribution in [3.63, 3.8) is 0 Å². The summed E-state index contributed by atoms with van der Waals surface area (Å²) in [4.78, 5) is 11.6. The van der Waals surface area contributed by atoms with E-state index in [0.29, 0.717) is 12.2 Å². The van der Waals surface area contributed by atoms with Crippen LogP contribution >= 0.6 is 0 Å². The summed E-state index contributed by atoms with van der Waals surface area (Å²) in [6.07, 6.45) is 5.32. The average molecular weight is 235 g/mol. The topological polar surface area (TPSA) is 96.7 Å². The van der Waals surface area contributed by atoms with Crippen LogP contribution in [0.15, 0.2) is 17.0 Å². The Kier molecular flexibility index (Phi) is 3.49. The molecule has 0 saturated heterocycles. The van der Waals surface area contributed by atoms with Gasteiger partial charge in [-0.15, -0.1) is 0 Å². The molecule has 7 nitrogen and oxygen atoms in total. The molecule has 0 aliphatic carbocycles. The van der Waals surface area contributed by atoms with Gasteiger partial charge in [0.15, 0.2) is 5.69 Å². The number of nitrogens with one attached hydrogen (secondary N) is 2. The van der Waals surface area contributed by atoms with Crippen molar-refractivity contribution >= 4 is 5.91 Å². The molecule has 0 aliphatic rings. The average Bonchev–Trinajstić information content (AvgIpc) is 2.95. The number of aromatic nitrogens is 4. The van der Waals surface area contributed by atoms with Crippen molar-refractivity contribution in [1.29, 1.82) is 0 Å². The van der Waals surface area contributed by atoms with Crippen molar-refractivity contribution in [3.8, 4) is 0 Å². The Labute approximate surface area is 97.6 Å². The SMILES string of the molecule is Cc1nonc1C(=O)NCCCc1cn[nH]c1. The third kappa shape index (κ3) is 2.90. The fourth-order valence-electron chi connectivity index (χ4n) is 1.43. The fraction of sp³-hybridized carbons (Fsp3) is 0.400. The zero-order chi connectivity index (χ0) is 12.1. The van der Waals surface area contributed by atoms with E-state index in [9.17, 15) is 4.79 Å². The zero-order valence-electron chi connectivity index (χ0n) is 9.43. The van der Waals surface area contributed by atoms with Gasteiger partial charge in [0.2, 0.25) is 0 Å². The van der Waals surface area contributed by atoms with E-state index >= 15 is 0 Å². The highest BCUT2D eigenvalue weighted by Gasteiger charge is 2.13. The van der Waals surface area contributed by atoms with Crippen LogP contribution in [0.25, 0.3) is 0 Å². The minimum absolute atomic E-state index is 0.244. The van der Waals surface area contributed by atoms with E-state index in [1.807, 2.05) is 6.20 Å². The van der Waals surface area contributed by atoms with Crippen LogP contribution in [0.5, 0.6) is 0 Å². The molecule has 2 aromatic rings. The molecule has 0 radical (unpaired) electrons.